The predicted octanol–water partition coefficient (Wildman–Crippen LogP) is 3.20. The van der Waals surface area contributed by atoms with Crippen LogP contribution in [0.3, 0.4) is 0 Å². The Balaban J connectivity index is 2.08. The van der Waals surface area contributed by atoms with Gasteiger partial charge in [0.25, 0.3) is 5.91 Å². The summed E-state index contributed by atoms with van der Waals surface area (Å²) in [4.78, 5) is 32.6. The molecule has 3 rings (SSSR count). The van der Waals surface area contributed by atoms with E-state index in [4.69, 9.17) is 26.5 Å². The van der Waals surface area contributed by atoms with Crippen molar-refractivity contribution in [3.05, 3.63) is 46.3 Å². The van der Waals surface area contributed by atoms with Crippen LogP contribution in [-0.2, 0) is 4.74 Å². The van der Waals surface area contributed by atoms with Crippen LogP contribution in [0.25, 0.3) is 11.0 Å². The molecule has 8 nitrogen and oxygen atoms in total. The lowest BCUT2D eigenvalue weighted by Gasteiger charge is -2.07. The van der Waals surface area contributed by atoms with Crippen molar-refractivity contribution in [2.75, 3.05) is 11.9 Å². The Labute approximate surface area is 153 Å². The first-order valence-corrected chi connectivity index (χ1v) is 8.09. The summed E-state index contributed by atoms with van der Waals surface area (Å²) in [5.41, 5.74) is 6.46. The Morgan fingerprint density at radius 3 is 2.50 bits per heavy atom. The second-order valence-electron chi connectivity index (χ2n) is 5.30. The molecule has 0 spiro atoms. The summed E-state index contributed by atoms with van der Waals surface area (Å²) in [6.07, 6.45) is 0. The molecule has 0 saturated heterocycles. The van der Waals surface area contributed by atoms with Gasteiger partial charge >= 0.3 is 5.97 Å². The molecule has 0 radical (unpaired) electrons. The maximum Gasteiger partial charge on any atom is 0.342 e. The fourth-order valence-corrected chi connectivity index (χ4v) is 2.66. The Kier molecular flexibility index (Phi) is 4.77. The molecule has 3 aromatic rings. The van der Waals surface area contributed by atoms with Crippen LogP contribution < -0.4 is 11.1 Å². The number of amides is 1. The largest absolute Gasteiger partial charge is 0.462 e. The highest BCUT2D eigenvalue weighted by atomic mass is 35.5. The van der Waals surface area contributed by atoms with Gasteiger partial charge in [0.15, 0.2) is 11.0 Å². The number of nitrogens with zero attached hydrogens (tertiary/aromatic N) is 2. The Bertz CT molecular complexity index is 1020. The molecule has 0 atom stereocenters. The normalized spacial score (nSPS) is 10.7. The minimum atomic E-state index is -0.850. The molecule has 2 aromatic heterocycles. The Morgan fingerprint density at radius 1 is 1.23 bits per heavy atom. The summed E-state index contributed by atoms with van der Waals surface area (Å²) in [5, 5.41) is 2.87. The molecule has 0 unspecified atom stereocenters. The number of nitrogens with one attached hydrogen (secondary N) is 1. The number of carbonyl (C=O) groups is 2. The monoisotopic (exact) mass is 374 g/mol. The molecule has 26 heavy (non-hydrogen) atoms. The Morgan fingerprint density at radius 2 is 1.88 bits per heavy atom. The fourth-order valence-electron chi connectivity index (χ4n) is 2.48. The second-order valence-corrected chi connectivity index (χ2v) is 5.66. The first-order chi connectivity index (χ1) is 12.4. The standard InChI is InChI=1S/C17H15ClN4O4/c1-3-25-17(24)11-8(2)26-16(12(11)14(19)23)22-15-13(18)20-9-6-4-5-7-10(9)21-15/h4-7H,3H2,1-2H3,(H2,19,23)(H,21,22). The van der Waals surface area contributed by atoms with E-state index < -0.39 is 11.9 Å². The van der Waals surface area contributed by atoms with Gasteiger partial charge < -0.3 is 20.2 Å². The van der Waals surface area contributed by atoms with E-state index in [0.717, 1.165) is 0 Å². The van der Waals surface area contributed by atoms with Gasteiger partial charge in [0.05, 0.1) is 17.6 Å². The minimum absolute atomic E-state index is 0.0354. The van der Waals surface area contributed by atoms with Crippen LogP contribution in [0.5, 0.6) is 0 Å². The number of carbonyl (C=O) groups excluding carboxylic acids is 2. The number of furan rings is 1. The van der Waals surface area contributed by atoms with E-state index in [1.54, 1.807) is 25.1 Å². The van der Waals surface area contributed by atoms with Crippen molar-refractivity contribution in [2.24, 2.45) is 5.73 Å². The first-order valence-electron chi connectivity index (χ1n) is 7.72. The van der Waals surface area contributed by atoms with Gasteiger partial charge in [-0.1, -0.05) is 23.7 Å². The van der Waals surface area contributed by atoms with Crippen molar-refractivity contribution in [1.29, 1.82) is 0 Å². The van der Waals surface area contributed by atoms with Gasteiger partial charge in [-0.05, 0) is 26.0 Å². The lowest BCUT2D eigenvalue weighted by Crippen LogP contribution is -2.18. The molecule has 134 valence electrons. The van der Waals surface area contributed by atoms with Gasteiger partial charge in [0, 0.05) is 0 Å². The zero-order valence-electron chi connectivity index (χ0n) is 14.0. The summed E-state index contributed by atoms with van der Waals surface area (Å²) < 4.78 is 10.5. The number of benzene rings is 1. The number of halogens is 1. The van der Waals surface area contributed by atoms with Gasteiger partial charge in [0.1, 0.15) is 16.9 Å². The topological polar surface area (TPSA) is 120 Å². The zero-order chi connectivity index (χ0) is 18.8. The molecule has 0 aliphatic carbocycles. The van der Waals surface area contributed by atoms with E-state index in [0.29, 0.717) is 11.0 Å². The highest BCUT2D eigenvalue weighted by molar-refractivity contribution is 6.32. The highest BCUT2D eigenvalue weighted by Crippen LogP contribution is 2.32. The number of hydrogen-bond acceptors (Lipinski definition) is 7. The lowest BCUT2D eigenvalue weighted by atomic mass is 10.1. The van der Waals surface area contributed by atoms with E-state index in [1.807, 2.05) is 6.07 Å². The van der Waals surface area contributed by atoms with E-state index >= 15 is 0 Å². The molecule has 0 saturated carbocycles. The number of rotatable bonds is 5. The van der Waals surface area contributed by atoms with Crippen LogP contribution in [0.1, 0.15) is 33.4 Å². The summed E-state index contributed by atoms with van der Waals surface area (Å²) in [6, 6.07) is 7.14. The second kappa shape index (κ2) is 7.01. The number of para-hydroxylation sites is 2. The van der Waals surface area contributed by atoms with E-state index in [9.17, 15) is 9.59 Å². The number of hydrogen-bond donors (Lipinski definition) is 2. The number of primary amides is 1. The predicted molar refractivity (Wildman–Crippen MR) is 95.8 cm³/mol. The number of anilines is 2. The van der Waals surface area contributed by atoms with Crippen molar-refractivity contribution >= 4 is 46.2 Å². The molecular formula is C17H15ClN4O4. The maximum absolute atomic E-state index is 12.1. The van der Waals surface area contributed by atoms with Crippen molar-refractivity contribution < 1.29 is 18.7 Å². The number of esters is 1. The minimum Gasteiger partial charge on any atom is -0.462 e. The summed E-state index contributed by atoms with van der Waals surface area (Å²) in [5.74, 6) is -1.25. The number of fused-ring (bicyclic) bond motifs is 1. The smallest absolute Gasteiger partial charge is 0.342 e. The van der Waals surface area contributed by atoms with Crippen LogP contribution in [-0.4, -0.2) is 28.5 Å². The molecule has 1 aromatic carbocycles. The van der Waals surface area contributed by atoms with Gasteiger partial charge in [-0.25, -0.2) is 14.8 Å². The summed E-state index contributed by atoms with van der Waals surface area (Å²) in [7, 11) is 0. The third kappa shape index (κ3) is 3.18. The summed E-state index contributed by atoms with van der Waals surface area (Å²) in [6.45, 7) is 3.32. The molecule has 3 N–H and O–H groups in total. The number of aryl methyl sites for hydroxylation is 1. The van der Waals surface area contributed by atoms with E-state index in [1.165, 1.54) is 6.92 Å². The van der Waals surface area contributed by atoms with E-state index in [2.05, 4.69) is 15.3 Å². The number of aromatic nitrogens is 2. The molecule has 0 fully saturated rings. The molecule has 9 heteroatoms. The van der Waals surface area contributed by atoms with Gasteiger partial charge in [-0.15, -0.1) is 0 Å². The summed E-state index contributed by atoms with van der Waals surface area (Å²) >= 11 is 6.16. The quantitative estimate of drug-likeness (QED) is 0.657. The third-order valence-corrected chi connectivity index (χ3v) is 3.83. The van der Waals surface area contributed by atoms with Crippen molar-refractivity contribution in [3.8, 4) is 0 Å². The van der Waals surface area contributed by atoms with Gasteiger partial charge in [-0.2, -0.15) is 0 Å². The van der Waals surface area contributed by atoms with Crippen molar-refractivity contribution in [3.63, 3.8) is 0 Å². The van der Waals surface area contributed by atoms with Crippen molar-refractivity contribution in [2.45, 2.75) is 13.8 Å². The van der Waals surface area contributed by atoms with Crippen LogP contribution in [0.4, 0.5) is 11.7 Å². The molecule has 0 bridgehead atoms. The fraction of sp³-hybridized carbons (Fsp3) is 0.176. The van der Waals surface area contributed by atoms with Crippen LogP contribution in [0.2, 0.25) is 5.15 Å². The molecular weight excluding hydrogens is 360 g/mol. The van der Waals surface area contributed by atoms with Gasteiger partial charge in [-0.3, -0.25) is 4.79 Å². The van der Waals surface area contributed by atoms with Gasteiger partial charge in [0.2, 0.25) is 5.88 Å². The average molecular weight is 375 g/mol. The molecule has 0 aliphatic rings. The Hall–Kier alpha value is -3.13. The number of ether oxygens (including phenoxy) is 1. The van der Waals surface area contributed by atoms with Crippen molar-refractivity contribution in [1.82, 2.24) is 9.97 Å². The zero-order valence-corrected chi connectivity index (χ0v) is 14.8. The highest BCUT2D eigenvalue weighted by Gasteiger charge is 2.29. The van der Waals surface area contributed by atoms with E-state index in [-0.39, 0.29) is 40.3 Å². The third-order valence-electron chi connectivity index (χ3n) is 3.57. The van der Waals surface area contributed by atoms with Crippen LogP contribution in [0.15, 0.2) is 28.7 Å². The number of nitrogens with two attached hydrogens (primary N) is 1. The van der Waals surface area contributed by atoms with Crippen LogP contribution >= 0.6 is 11.6 Å². The average Bonchev–Trinajstić information content (AvgIpc) is 2.92. The molecule has 0 aliphatic heterocycles. The maximum atomic E-state index is 12.1. The first kappa shape index (κ1) is 17.7. The SMILES string of the molecule is CCOC(=O)c1c(C)oc(Nc2nc3ccccc3nc2Cl)c1C(N)=O. The molecule has 2 heterocycles. The van der Waals surface area contributed by atoms with Crippen LogP contribution in [0, 0.1) is 6.92 Å². The molecule has 1 amide bonds. The lowest BCUT2D eigenvalue weighted by molar-refractivity contribution is 0.0521.